The van der Waals surface area contributed by atoms with Crippen LogP contribution >= 0.6 is 0 Å². The molecular formula is C13H21NO3. The third kappa shape index (κ3) is 3.91. The van der Waals surface area contributed by atoms with Gasteiger partial charge in [-0.2, -0.15) is 0 Å². The van der Waals surface area contributed by atoms with E-state index in [0.29, 0.717) is 13.1 Å². The summed E-state index contributed by atoms with van der Waals surface area (Å²) >= 11 is 0. The number of nitrogens with one attached hydrogen (secondary N) is 1. The number of aryl methyl sites for hydroxylation is 1. The highest BCUT2D eigenvalue weighted by atomic mass is 16.5. The quantitative estimate of drug-likeness (QED) is 0.789. The van der Waals surface area contributed by atoms with E-state index in [4.69, 9.17) is 9.47 Å². The second kappa shape index (κ2) is 6.47. The fourth-order valence-corrected chi connectivity index (χ4v) is 1.67. The second-order valence-corrected chi connectivity index (χ2v) is 4.11. The van der Waals surface area contributed by atoms with E-state index in [1.165, 1.54) is 0 Å². The Kier molecular flexibility index (Phi) is 5.25. The van der Waals surface area contributed by atoms with Gasteiger partial charge in [0.2, 0.25) is 0 Å². The zero-order chi connectivity index (χ0) is 12.8. The standard InChI is InChI=1S/C13H21NO3/c1-9-5-13(17-4)11(6-12(9)16-3)8-14-7-10(2)15/h5-6,10,14-15H,7-8H2,1-4H3. The van der Waals surface area contributed by atoms with Gasteiger partial charge in [0.05, 0.1) is 20.3 Å². The van der Waals surface area contributed by atoms with Crippen LogP contribution in [0.15, 0.2) is 12.1 Å². The Balaban J connectivity index is 2.81. The molecule has 1 unspecified atom stereocenters. The van der Waals surface area contributed by atoms with Crippen molar-refractivity contribution in [3.8, 4) is 11.5 Å². The molecule has 0 saturated heterocycles. The number of hydrogen-bond acceptors (Lipinski definition) is 4. The maximum Gasteiger partial charge on any atom is 0.123 e. The molecular weight excluding hydrogens is 218 g/mol. The Bertz CT molecular complexity index is 364. The van der Waals surface area contributed by atoms with Gasteiger partial charge in [-0.1, -0.05) is 0 Å². The lowest BCUT2D eigenvalue weighted by atomic mass is 10.1. The Hall–Kier alpha value is -1.26. The van der Waals surface area contributed by atoms with E-state index in [2.05, 4.69) is 5.32 Å². The fourth-order valence-electron chi connectivity index (χ4n) is 1.67. The van der Waals surface area contributed by atoms with Crippen molar-refractivity contribution in [3.63, 3.8) is 0 Å². The van der Waals surface area contributed by atoms with Crippen molar-refractivity contribution in [2.24, 2.45) is 0 Å². The third-order valence-electron chi connectivity index (χ3n) is 2.55. The fraction of sp³-hybridized carbons (Fsp3) is 0.538. The highest BCUT2D eigenvalue weighted by Gasteiger charge is 2.08. The molecule has 0 aromatic heterocycles. The molecule has 0 amide bonds. The number of benzene rings is 1. The van der Waals surface area contributed by atoms with Gasteiger partial charge >= 0.3 is 0 Å². The van der Waals surface area contributed by atoms with Crippen LogP contribution in [0.4, 0.5) is 0 Å². The maximum atomic E-state index is 9.18. The number of methoxy groups -OCH3 is 2. The molecule has 1 aromatic rings. The van der Waals surface area contributed by atoms with Crippen LogP contribution in [-0.2, 0) is 6.54 Å². The van der Waals surface area contributed by atoms with E-state index >= 15 is 0 Å². The van der Waals surface area contributed by atoms with Crippen molar-refractivity contribution in [3.05, 3.63) is 23.3 Å². The molecule has 1 aromatic carbocycles. The third-order valence-corrected chi connectivity index (χ3v) is 2.55. The molecule has 0 bridgehead atoms. The molecule has 4 heteroatoms. The van der Waals surface area contributed by atoms with Gasteiger partial charge in [-0.25, -0.2) is 0 Å². The summed E-state index contributed by atoms with van der Waals surface area (Å²) in [7, 11) is 3.31. The lowest BCUT2D eigenvalue weighted by Crippen LogP contribution is -2.24. The molecule has 0 aliphatic rings. The normalized spacial score (nSPS) is 12.3. The first-order valence-electron chi connectivity index (χ1n) is 5.68. The van der Waals surface area contributed by atoms with Gasteiger partial charge in [0.1, 0.15) is 11.5 Å². The first-order valence-corrected chi connectivity index (χ1v) is 5.68. The van der Waals surface area contributed by atoms with E-state index in [1.807, 2.05) is 19.1 Å². The predicted octanol–water partition coefficient (Wildman–Crippen LogP) is 1.48. The zero-order valence-corrected chi connectivity index (χ0v) is 10.9. The number of ether oxygens (including phenoxy) is 2. The minimum Gasteiger partial charge on any atom is -0.496 e. The topological polar surface area (TPSA) is 50.7 Å². The van der Waals surface area contributed by atoms with Crippen molar-refractivity contribution in [2.75, 3.05) is 20.8 Å². The molecule has 0 heterocycles. The van der Waals surface area contributed by atoms with Crippen LogP contribution in [0, 0.1) is 6.92 Å². The van der Waals surface area contributed by atoms with Crippen LogP contribution in [0.3, 0.4) is 0 Å². The summed E-state index contributed by atoms with van der Waals surface area (Å²) in [5, 5.41) is 12.3. The Labute approximate surface area is 103 Å². The molecule has 0 aliphatic heterocycles. The smallest absolute Gasteiger partial charge is 0.123 e. The minimum absolute atomic E-state index is 0.353. The zero-order valence-electron chi connectivity index (χ0n) is 10.9. The molecule has 0 radical (unpaired) electrons. The Morgan fingerprint density at radius 2 is 1.88 bits per heavy atom. The molecule has 1 atom stereocenters. The van der Waals surface area contributed by atoms with Crippen LogP contribution < -0.4 is 14.8 Å². The highest BCUT2D eigenvalue weighted by Crippen LogP contribution is 2.27. The summed E-state index contributed by atoms with van der Waals surface area (Å²) in [6, 6.07) is 3.92. The molecule has 0 fully saturated rings. The summed E-state index contributed by atoms with van der Waals surface area (Å²) in [5.74, 6) is 1.68. The average Bonchev–Trinajstić information content (AvgIpc) is 2.30. The van der Waals surface area contributed by atoms with Crippen molar-refractivity contribution >= 4 is 0 Å². The molecule has 1 rings (SSSR count). The minimum atomic E-state index is -0.353. The van der Waals surface area contributed by atoms with E-state index < -0.39 is 0 Å². The summed E-state index contributed by atoms with van der Waals surface area (Å²) in [5.41, 5.74) is 2.07. The lowest BCUT2D eigenvalue weighted by molar-refractivity contribution is 0.191. The summed E-state index contributed by atoms with van der Waals surface area (Å²) in [4.78, 5) is 0. The first-order chi connectivity index (χ1) is 8.08. The van der Waals surface area contributed by atoms with E-state index in [0.717, 1.165) is 22.6 Å². The van der Waals surface area contributed by atoms with Gasteiger partial charge in [0.25, 0.3) is 0 Å². The van der Waals surface area contributed by atoms with Crippen molar-refractivity contribution in [1.82, 2.24) is 5.32 Å². The number of aliphatic hydroxyl groups excluding tert-OH is 1. The van der Waals surface area contributed by atoms with Crippen LogP contribution in [0.25, 0.3) is 0 Å². The summed E-state index contributed by atoms with van der Waals surface area (Å²) in [6.45, 7) is 4.93. The van der Waals surface area contributed by atoms with Crippen LogP contribution in [-0.4, -0.2) is 32.0 Å². The largest absolute Gasteiger partial charge is 0.496 e. The van der Waals surface area contributed by atoms with E-state index in [9.17, 15) is 5.11 Å². The van der Waals surface area contributed by atoms with Crippen molar-refractivity contribution in [1.29, 1.82) is 0 Å². The summed E-state index contributed by atoms with van der Waals surface area (Å²) in [6.07, 6.45) is -0.353. The average molecular weight is 239 g/mol. The van der Waals surface area contributed by atoms with Crippen LogP contribution in [0.2, 0.25) is 0 Å². The molecule has 0 aliphatic carbocycles. The lowest BCUT2D eigenvalue weighted by Gasteiger charge is -2.14. The van der Waals surface area contributed by atoms with Gasteiger partial charge in [0.15, 0.2) is 0 Å². The van der Waals surface area contributed by atoms with Crippen molar-refractivity contribution < 1.29 is 14.6 Å². The van der Waals surface area contributed by atoms with E-state index in [-0.39, 0.29) is 6.10 Å². The highest BCUT2D eigenvalue weighted by molar-refractivity contribution is 5.45. The number of aliphatic hydroxyl groups is 1. The summed E-state index contributed by atoms with van der Waals surface area (Å²) < 4.78 is 10.6. The number of rotatable bonds is 6. The molecule has 4 nitrogen and oxygen atoms in total. The van der Waals surface area contributed by atoms with Gasteiger partial charge in [0, 0.05) is 18.7 Å². The van der Waals surface area contributed by atoms with Gasteiger partial charge in [-0.05, 0) is 31.5 Å². The molecule has 96 valence electrons. The van der Waals surface area contributed by atoms with Gasteiger partial charge in [-0.15, -0.1) is 0 Å². The Morgan fingerprint density at radius 1 is 1.24 bits per heavy atom. The van der Waals surface area contributed by atoms with Crippen molar-refractivity contribution in [2.45, 2.75) is 26.5 Å². The number of hydrogen-bond donors (Lipinski definition) is 2. The first kappa shape index (κ1) is 13.8. The van der Waals surface area contributed by atoms with E-state index in [1.54, 1.807) is 21.1 Å². The maximum absolute atomic E-state index is 9.18. The molecule has 17 heavy (non-hydrogen) atoms. The Morgan fingerprint density at radius 3 is 2.41 bits per heavy atom. The van der Waals surface area contributed by atoms with Crippen LogP contribution in [0.5, 0.6) is 11.5 Å². The molecule has 0 spiro atoms. The predicted molar refractivity (Wildman–Crippen MR) is 67.7 cm³/mol. The van der Waals surface area contributed by atoms with Gasteiger partial charge in [-0.3, -0.25) is 0 Å². The molecule has 2 N–H and O–H groups in total. The SMILES string of the molecule is COc1cc(CNCC(C)O)c(OC)cc1C. The molecule has 0 saturated carbocycles. The van der Waals surface area contributed by atoms with Crippen LogP contribution in [0.1, 0.15) is 18.1 Å². The second-order valence-electron chi connectivity index (χ2n) is 4.11. The van der Waals surface area contributed by atoms with Gasteiger partial charge < -0.3 is 19.9 Å². The monoisotopic (exact) mass is 239 g/mol.